The van der Waals surface area contributed by atoms with Crippen molar-refractivity contribution in [2.45, 2.75) is 25.4 Å². The molecular weight excluding hydrogens is 176 g/mol. The van der Waals surface area contributed by atoms with Crippen molar-refractivity contribution in [1.29, 1.82) is 0 Å². The first-order chi connectivity index (χ1) is 6.70. The van der Waals surface area contributed by atoms with Crippen LogP contribution in [0.5, 0.6) is 0 Å². The molecule has 14 heavy (non-hydrogen) atoms. The van der Waals surface area contributed by atoms with Gasteiger partial charge in [-0.2, -0.15) is 0 Å². The molecule has 0 atom stereocenters. The Morgan fingerprint density at radius 1 is 1.29 bits per heavy atom. The van der Waals surface area contributed by atoms with Crippen LogP contribution in [0.2, 0.25) is 0 Å². The van der Waals surface area contributed by atoms with Gasteiger partial charge in [0.05, 0.1) is 12.2 Å². The molecule has 3 heteroatoms. The molecule has 2 bridgehead atoms. The van der Waals surface area contributed by atoms with Crippen LogP contribution in [0, 0.1) is 5.41 Å². The Hall–Kier alpha value is -0.120. The van der Waals surface area contributed by atoms with E-state index in [2.05, 4.69) is 17.1 Å². The van der Waals surface area contributed by atoms with E-state index >= 15 is 0 Å². The molecule has 3 nitrogen and oxygen atoms in total. The van der Waals surface area contributed by atoms with Gasteiger partial charge in [-0.25, -0.2) is 0 Å². The fourth-order valence-electron chi connectivity index (χ4n) is 3.47. The number of nitrogens with zero attached hydrogens (tertiary/aromatic N) is 1. The van der Waals surface area contributed by atoms with Crippen molar-refractivity contribution in [2.24, 2.45) is 5.41 Å². The average molecular weight is 196 g/mol. The third-order valence-corrected chi connectivity index (χ3v) is 3.95. The molecule has 0 unspecified atom stereocenters. The lowest BCUT2D eigenvalue weighted by Crippen LogP contribution is -2.54. The Balaban J connectivity index is 1.58. The Labute approximate surface area is 85.8 Å². The molecule has 4 rings (SSSR count). The topological polar surface area (TPSA) is 24.5 Å². The standard InChI is InChI=1S/C11H20N2O/c1-10-6-11(7-10,14-9-10)8-13-4-2-12-3-5-13/h12H,2-9H2,1H3. The molecule has 80 valence electrons. The minimum Gasteiger partial charge on any atom is -0.373 e. The summed E-state index contributed by atoms with van der Waals surface area (Å²) in [4.78, 5) is 2.56. The van der Waals surface area contributed by atoms with Crippen molar-refractivity contribution in [3.8, 4) is 0 Å². The summed E-state index contributed by atoms with van der Waals surface area (Å²) < 4.78 is 5.96. The van der Waals surface area contributed by atoms with Crippen LogP contribution < -0.4 is 5.32 Å². The Kier molecular flexibility index (Phi) is 1.92. The minimum atomic E-state index is 0.256. The molecule has 4 fully saturated rings. The molecule has 0 aromatic rings. The SMILES string of the molecule is CC12COC(CN3CCNCC3)(C1)C2. The van der Waals surface area contributed by atoms with Crippen LogP contribution in [-0.2, 0) is 4.74 Å². The highest BCUT2D eigenvalue weighted by Crippen LogP contribution is 2.57. The zero-order valence-electron chi connectivity index (χ0n) is 9.01. The minimum absolute atomic E-state index is 0.256. The van der Waals surface area contributed by atoms with Crippen LogP contribution in [0.4, 0.5) is 0 Å². The van der Waals surface area contributed by atoms with Gasteiger partial charge in [-0.3, -0.25) is 4.90 Å². The predicted molar refractivity (Wildman–Crippen MR) is 55.3 cm³/mol. The van der Waals surface area contributed by atoms with Crippen LogP contribution in [0.1, 0.15) is 19.8 Å². The van der Waals surface area contributed by atoms with E-state index in [1.165, 1.54) is 32.5 Å². The summed E-state index contributed by atoms with van der Waals surface area (Å²) in [5.74, 6) is 0. The second kappa shape index (κ2) is 2.94. The van der Waals surface area contributed by atoms with Gasteiger partial charge in [0.1, 0.15) is 0 Å². The maximum Gasteiger partial charge on any atom is 0.0821 e. The zero-order valence-corrected chi connectivity index (χ0v) is 9.01. The van der Waals surface area contributed by atoms with Gasteiger partial charge in [0.2, 0.25) is 0 Å². The summed E-state index contributed by atoms with van der Waals surface area (Å²) >= 11 is 0. The van der Waals surface area contributed by atoms with E-state index < -0.39 is 0 Å². The van der Waals surface area contributed by atoms with Gasteiger partial charge in [-0.05, 0) is 18.3 Å². The molecule has 4 aliphatic rings. The highest BCUT2D eigenvalue weighted by atomic mass is 16.5. The lowest BCUT2D eigenvalue weighted by atomic mass is 9.63. The first kappa shape index (κ1) is 9.13. The maximum absolute atomic E-state index is 5.96. The number of fused-ring (bicyclic) bond motifs is 1. The molecule has 1 aliphatic carbocycles. The third-order valence-electron chi connectivity index (χ3n) is 3.95. The summed E-state index contributed by atoms with van der Waals surface area (Å²) in [5.41, 5.74) is 0.792. The van der Waals surface area contributed by atoms with Crippen molar-refractivity contribution >= 4 is 0 Å². The largest absolute Gasteiger partial charge is 0.373 e. The van der Waals surface area contributed by atoms with Crippen molar-refractivity contribution in [1.82, 2.24) is 10.2 Å². The first-order valence-corrected chi connectivity index (χ1v) is 5.77. The number of nitrogens with one attached hydrogen (secondary N) is 1. The highest BCUT2D eigenvalue weighted by Gasteiger charge is 2.59. The predicted octanol–water partition coefficient (Wildman–Crippen LogP) is 0.461. The van der Waals surface area contributed by atoms with Crippen LogP contribution in [0.15, 0.2) is 0 Å². The second-order valence-electron chi connectivity index (χ2n) is 5.66. The molecule has 3 saturated heterocycles. The van der Waals surface area contributed by atoms with Gasteiger partial charge in [-0.1, -0.05) is 6.92 Å². The van der Waals surface area contributed by atoms with E-state index in [4.69, 9.17) is 4.74 Å². The van der Waals surface area contributed by atoms with E-state index in [9.17, 15) is 0 Å². The van der Waals surface area contributed by atoms with Crippen molar-refractivity contribution in [2.75, 3.05) is 39.3 Å². The van der Waals surface area contributed by atoms with Crippen LogP contribution >= 0.6 is 0 Å². The summed E-state index contributed by atoms with van der Waals surface area (Å²) in [6.07, 6.45) is 2.59. The molecule has 3 heterocycles. The monoisotopic (exact) mass is 196 g/mol. The lowest BCUT2D eigenvalue weighted by Gasteiger charge is -2.45. The van der Waals surface area contributed by atoms with E-state index in [-0.39, 0.29) is 5.60 Å². The Morgan fingerprint density at radius 2 is 2.00 bits per heavy atom. The summed E-state index contributed by atoms with van der Waals surface area (Å²) in [7, 11) is 0. The highest BCUT2D eigenvalue weighted by molar-refractivity contribution is 5.10. The number of hydrogen-bond donors (Lipinski definition) is 1. The average Bonchev–Trinajstić information content (AvgIpc) is 2.59. The van der Waals surface area contributed by atoms with Gasteiger partial charge >= 0.3 is 0 Å². The van der Waals surface area contributed by atoms with Crippen LogP contribution in [-0.4, -0.2) is 49.8 Å². The van der Waals surface area contributed by atoms with Crippen LogP contribution in [0.25, 0.3) is 0 Å². The Bertz CT molecular complexity index is 229. The molecule has 3 aliphatic heterocycles. The molecule has 0 radical (unpaired) electrons. The molecule has 0 spiro atoms. The van der Waals surface area contributed by atoms with Gasteiger partial charge in [0, 0.05) is 32.7 Å². The summed E-state index contributed by atoms with van der Waals surface area (Å²) in [6, 6.07) is 0. The molecule has 1 saturated carbocycles. The van der Waals surface area contributed by atoms with Gasteiger partial charge in [0.15, 0.2) is 0 Å². The second-order valence-corrected chi connectivity index (χ2v) is 5.66. The smallest absolute Gasteiger partial charge is 0.0821 e. The van der Waals surface area contributed by atoms with Crippen molar-refractivity contribution < 1.29 is 4.74 Å². The number of piperazine rings is 1. The van der Waals surface area contributed by atoms with E-state index in [0.717, 1.165) is 19.7 Å². The maximum atomic E-state index is 5.96. The van der Waals surface area contributed by atoms with Crippen LogP contribution in [0.3, 0.4) is 0 Å². The fraction of sp³-hybridized carbons (Fsp3) is 1.00. The number of rotatable bonds is 2. The van der Waals surface area contributed by atoms with Crippen molar-refractivity contribution in [3.63, 3.8) is 0 Å². The quantitative estimate of drug-likeness (QED) is 0.694. The van der Waals surface area contributed by atoms with Gasteiger partial charge in [-0.15, -0.1) is 0 Å². The molecule has 0 aromatic carbocycles. The van der Waals surface area contributed by atoms with E-state index in [1.54, 1.807) is 0 Å². The van der Waals surface area contributed by atoms with Gasteiger partial charge < -0.3 is 10.1 Å². The summed E-state index contributed by atoms with van der Waals surface area (Å²) in [6.45, 7) is 9.21. The van der Waals surface area contributed by atoms with Crippen molar-refractivity contribution in [3.05, 3.63) is 0 Å². The number of hydrogen-bond acceptors (Lipinski definition) is 3. The molecule has 1 N–H and O–H groups in total. The molecular formula is C11H20N2O. The Morgan fingerprint density at radius 3 is 2.57 bits per heavy atom. The first-order valence-electron chi connectivity index (χ1n) is 5.77. The molecule has 0 aromatic heterocycles. The lowest BCUT2D eigenvalue weighted by molar-refractivity contribution is -0.0415. The normalized spacial score (nSPS) is 47.8. The van der Waals surface area contributed by atoms with E-state index in [1.807, 2.05) is 0 Å². The molecule has 0 amide bonds. The van der Waals surface area contributed by atoms with Gasteiger partial charge in [0.25, 0.3) is 0 Å². The third kappa shape index (κ3) is 1.38. The van der Waals surface area contributed by atoms with E-state index in [0.29, 0.717) is 5.41 Å². The summed E-state index contributed by atoms with van der Waals surface area (Å²) in [5, 5.41) is 3.39. The number of ether oxygens (including phenoxy) is 1. The fourth-order valence-corrected chi connectivity index (χ4v) is 3.47. The zero-order chi connectivity index (χ0) is 9.65.